The van der Waals surface area contributed by atoms with Gasteiger partial charge in [-0.25, -0.2) is 8.42 Å². The number of rotatable bonds is 8. The van der Waals surface area contributed by atoms with Crippen molar-refractivity contribution in [3.63, 3.8) is 0 Å². The molecule has 0 atom stereocenters. The minimum atomic E-state index is -3.53. The van der Waals surface area contributed by atoms with E-state index in [0.717, 1.165) is 22.6 Å². The van der Waals surface area contributed by atoms with Crippen LogP contribution in [0.15, 0.2) is 77.7 Å². The Kier molecular flexibility index (Phi) is 6.81. The Bertz CT molecular complexity index is 1220. The number of carbonyl (C=O) groups is 1. The molecule has 1 heterocycles. The van der Waals surface area contributed by atoms with Crippen LogP contribution in [0.2, 0.25) is 0 Å². The number of nitrogens with zero attached hydrogens (tertiary/aromatic N) is 2. The normalized spacial score (nSPS) is 13.2. The predicted molar refractivity (Wildman–Crippen MR) is 129 cm³/mol. The van der Waals surface area contributed by atoms with Crippen LogP contribution in [0.4, 0.5) is 5.69 Å². The molecule has 0 aromatic heterocycles. The number of anilines is 1. The molecule has 0 fully saturated rings. The zero-order chi connectivity index (χ0) is 23.4. The number of para-hydroxylation sites is 1. The van der Waals surface area contributed by atoms with E-state index in [9.17, 15) is 13.2 Å². The summed E-state index contributed by atoms with van der Waals surface area (Å²) in [6.45, 7) is 5.46. The second-order valence-electron chi connectivity index (χ2n) is 7.89. The summed E-state index contributed by atoms with van der Waals surface area (Å²) in [7, 11) is -3.53. The number of fused-ring (bicyclic) bond motifs is 1. The van der Waals surface area contributed by atoms with Gasteiger partial charge in [0, 0.05) is 30.9 Å². The first-order valence-corrected chi connectivity index (χ1v) is 12.6. The topological polar surface area (TPSA) is 66.9 Å². The van der Waals surface area contributed by atoms with E-state index in [2.05, 4.69) is 0 Å². The maximum atomic E-state index is 13.2. The van der Waals surface area contributed by atoms with Gasteiger partial charge in [-0.1, -0.05) is 44.2 Å². The summed E-state index contributed by atoms with van der Waals surface area (Å²) in [5, 5.41) is 0. The van der Waals surface area contributed by atoms with Crippen LogP contribution in [0.3, 0.4) is 0 Å². The molecular formula is C26H28N2O4S. The first-order valence-electron chi connectivity index (χ1n) is 11.2. The highest BCUT2D eigenvalue weighted by Gasteiger charge is 2.29. The minimum Gasteiger partial charge on any atom is -0.489 e. The van der Waals surface area contributed by atoms with Gasteiger partial charge in [-0.05, 0) is 60.0 Å². The molecule has 0 saturated carbocycles. The maximum Gasteiger partial charge on any atom is 0.258 e. The molecule has 0 unspecified atom stereocenters. The Hall–Kier alpha value is -3.16. The van der Waals surface area contributed by atoms with Crippen LogP contribution in [-0.2, 0) is 23.1 Å². The van der Waals surface area contributed by atoms with Gasteiger partial charge in [-0.15, -0.1) is 0 Å². The molecule has 3 aromatic rings. The molecule has 0 N–H and O–H groups in total. The second-order valence-corrected chi connectivity index (χ2v) is 9.82. The Balaban J connectivity index is 1.47. The van der Waals surface area contributed by atoms with Crippen molar-refractivity contribution in [3.8, 4) is 5.75 Å². The molecule has 4 rings (SSSR count). The number of carbonyl (C=O) groups excluding carboxylic acids is 1. The van der Waals surface area contributed by atoms with E-state index in [1.54, 1.807) is 23.1 Å². The first kappa shape index (κ1) is 23.0. The molecule has 0 spiro atoms. The largest absolute Gasteiger partial charge is 0.489 e. The third-order valence-electron chi connectivity index (χ3n) is 5.88. The monoisotopic (exact) mass is 464 g/mol. The summed E-state index contributed by atoms with van der Waals surface area (Å²) in [5.41, 5.74) is 3.22. The van der Waals surface area contributed by atoms with Gasteiger partial charge in [-0.2, -0.15) is 4.31 Å². The molecule has 172 valence electrons. The molecule has 0 aliphatic carbocycles. The van der Waals surface area contributed by atoms with Crippen molar-refractivity contribution >= 4 is 21.6 Å². The van der Waals surface area contributed by atoms with E-state index >= 15 is 0 Å². The summed E-state index contributed by atoms with van der Waals surface area (Å²) in [4.78, 5) is 15.2. The molecule has 0 saturated heterocycles. The molecule has 33 heavy (non-hydrogen) atoms. The van der Waals surface area contributed by atoms with E-state index < -0.39 is 10.0 Å². The molecule has 7 heteroatoms. The fourth-order valence-electron chi connectivity index (χ4n) is 4.04. The van der Waals surface area contributed by atoms with Crippen LogP contribution >= 0.6 is 0 Å². The lowest BCUT2D eigenvalue weighted by Gasteiger charge is -2.20. The standard InChI is InChI=1S/C26H28N2O4S/c1-3-27(4-2)33(30,31)24-14-15-25-22(18-24)16-17-28(25)26(29)21-12-10-20(11-13-21)19-32-23-8-6-5-7-9-23/h5-15,18H,3-4,16-17,19H2,1-2H3. The number of sulfonamides is 1. The number of benzene rings is 3. The highest BCUT2D eigenvalue weighted by molar-refractivity contribution is 7.89. The second kappa shape index (κ2) is 9.77. The van der Waals surface area contributed by atoms with Crippen molar-refractivity contribution in [2.45, 2.75) is 31.8 Å². The Morgan fingerprint density at radius 3 is 2.33 bits per heavy atom. The number of amides is 1. The molecule has 1 aliphatic heterocycles. The number of hydrogen-bond acceptors (Lipinski definition) is 4. The molecule has 0 bridgehead atoms. The molecular weight excluding hydrogens is 436 g/mol. The zero-order valence-electron chi connectivity index (χ0n) is 18.9. The molecule has 1 amide bonds. The summed E-state index contributed by atoms with van der Waals surface area (Å²) in [6, 6.07) is 22.1. The van der Waals surface area contributed by atoms with E-state index in [1.807, 2.05) is 68.4 Å². The molecule has 6 nitrogen and oxygen atoms in total. The van der Waals surface area contributed by atoms with E-state index in [4.69, 9.17) is 4.74 Å². The third kappa shape index (κ3) is 4.79. The Morgan fingerprint density at radius 1 is 0.970 bits per heavy atom. The van der Waals surface area contributed by atoms with Gasteiger partial charge in [0.1, 0.15) is 12.4 Å². The quantitative estimate of drug-likeness (QED) is 0.492. The van der Waals surface area contributed by atoms with Gasteiger partial charge in [-0.3, -0.25) is 4.79 Å². The maximum absolute atomic E-state index is 13.2. The van der Waals surface area contributed by atoms with Crippen LogP contribution in [-0.4, -0.2) is 38.3 Å². The zero-order valence-corrected chi connectivity index (χ0v) is 19.7. The van der Waals surface area contributed by atoms with Gasteiger partial charge in [0.15, 0.2) is 0 Å². The van der Waals surface area contributed by atoms with Gasteiger partial charge < -0.3 is 9.64 Å². The van der Waals surface area contributed by atoms with Gasteiger partial charge in [0.25, 0.3) is 5.91 Å². The van der Waals surface area contributed by atoms with Crippen LogP contribution in [0.5, 0.6) is 5.75 Å². The van der Waals surface area contributed by atoms with Crippen LogP contribution < -0.4 is 9.64 Å². The fourth-order valence-corrected chi connectivity index (χ4v) is 5.55. The van der Waals surface area contributed by atoms with Gasteiger partial charge in [0.2, 0.25) is 10.0 Å². The third-order valence-corrected chi connectivity index (χ3v) is 7.93. The Morgan fingerprint density at radius 2 is 1.67 bits per heavy atom. The van der Waals surface area contributed by atoms with Crippen molar-refractivity contribution in [2.75, 3.05) is 24.5 Å². The number of hydrogen-bond donors (Lipinski definition) is 0. The molecule has 0 radical (unpaired) electrons. The van der Waals surface area contributed by atoms with Crippen molar-refractivity contribution < 1.29 is 17.9 Å². The van der Waals surface area contributed by atoms with E-state index in [1.165, 1.54) is 4.31 Å². The lowest BCUT2D eigenvalue weighted by atomic mass is 10.1. The SMILES string of the molecule is CCN(CC)S(=O)(=O)c1ccc2c(c1)CCN2C(=O)c1ccc(COc2ccccc2)cc1. The lowest BCUT2D eigenvalue weighted by Crippen LogP contribution is -2.30. The smallest absolute Gasteiger partial charge is 0.258 e. The summed E-state index contributed by atoms with van der Waals surface area (Å²) in [6.07, 6.45) is 0.631. The highest BCUT2D eigenvalue weighted by Crippen LogP contribution is 2.32. The summed E-state index contributed by atoms with van der Waals surface area (Å²) < 4.78 is 32.9. The van der Waals surface area contributed by atoms with Crippen LogP contribution in [0.1, 0.15) is 35.3 Å². The summed E-state index contributed by atoms with van der Waals surface area (Å²) in [5.74, 6) is 0.706. The minimum absolute atomic E-state index is 0.0939. The van der Waals surface area contributed by atoms with E-state index in [-0.39, 0.29) is 10.8 Å². The first-order chi connectivity index (χ1) is 15.9. The fraction of sp³-hybridized carbons (Fsp3) is 0.269. The van der Waals surface area contributed by atoms with Crippen LogP contribution in [0, 0.1) is 0 Å². The van der Waals surface area contributed by atoms with E-state index in [0.29, 0.717) is 38.2 Å². The average molecular weight is 465 g/mol. The molecule has 1 aliphatic rings. The molecule has 3 aromatic carbocycles. The average Bonchev–Trinajstić information content (AvgIpc) is 3.27. The van der Waals surface area contributed by atoms with Crippen molar-refractivity contribution in [2.24, 2.45) is 0 Å². The highest BCUT2D eigenvalue weighted by atomic mass is 32.2. The van der Waals surface area contributed by atoms with Crippen molar-refractivity contribution in [3.05, 3.63) is 89.5 Å². The van der Waals surface area contributed by atoms with Gasteiger partial charge in [0.05, 0.1) is 4.90 Å². The summed E-state index contributed by atoms with van der Waals surface area (Å²) >= 11 is 0. The van der Waals surface area contributed by atoms with Crippen molar-refractivity contribution in [1.29, 1.82) is 0 Å². The Labute approximate surface area is 195 Å². The number of ether oxygens (including phenoxy) is 1. The lowest BCUT2D eigenvalue weighted by molar-refractivity contribution is 0.0989. The van der Waals surface area contributed by atoms with Gasteiger partial charge >= 0.3 is 0 Å². The predicted octanol–water partition coefficient (Wildman–Crippen LogP) is 4.50. The van der Waals surface area contributed by atoms with Crippen molar-refractivity contribution in [1.82, 2.24) is 4.31 Å². The van der Waals surface area contributed by atoms with Crippen LogP contribution in [0.25, 0.3) is 0 Å².